The largest absolute Gasteiger partial charge is 0.504 e. The number of ketones is 1. The van der Waals surface area contributed by atoms with Crippen molar-refractivity contribution in [2.75, 3.05) is 5.75 Å². The molecule has 0 spiro atoms. The Kier molecular flexibility index (Phi) is 4.06. The molecule has 0 unspecified atom stereocenters. The van der Waals surface area contributed by atoms with Crippen molar-refractivity contribution >= 4 is 17.5 Å². The summed E-state index contributed by atoms with van der Waals surface area (Å²) in [6.07, 6.45) is 0. The molecule has 2 aromatic carbocycles. The van der Waals surface area contributed by atoms with Crippen molar-refractivity contribution in [3.63, 3.8) is 0 Å². The third-order valence-electron chi connectivity index (χ3n) is 2.49. The quantitative estimate of drug-likeness (QED) is 0.512. The molecule has 0 saturated carbocycles. The van der Waals surface area contributed by atoms with E-state index in [-0.39, 0.29) is 34.4 Å². The highest BCUT2D eigenvalue weighted by molar-refractivity contribution is 8.00. The van der Waals surface area contributed by atoms with E-state index in [0.717, 1.165) is 11.8 Å². The first-order valence-electron chi connectivity index (χ1n) is 5.50. The summed E-state index contributed by atoms with van der Waals surface area (Å²) < 4.78 is 13.4. The second-order valence-electron chi connectivity index (χ2n) is 3.85. The molecule has 0 heterocycles. The molecule has 3 nitrogen and oxygen atoms in total. The monoisotopic (exact) mass is 278 g/mol. The predicted octanol–water partition coefficient (Wildman–Crippen LogP) is 3.21. The number of phenols is 2. The van der Waals surface area contributed by atoms with Crippen LogP contribution in [-0.2, 0) is 0 Å². The van der Waals surface area contributed by atoms with Crippen LogP contribution in [0.25, 0.3) is 0 Å². The van der Waals surface area contributed by atoms with Gasteiger partial charge in [0.05, 0.1) is 5.75 Å². The Balaban J connectivity index is 2.05. The fourth-order valence-corrected chi connectivity index (χ4v) is 2.32. The Morgan fingerprint density at radius 3 is 2.53 bits per heavy atom. The summed E-state index contributed by atoms with van der Waals surface area (Å²) >= 11 is 1.09. The third-order valence-corrected chi connectivity index (χ3v) is 3.54. The number of thioether (sulfide) groups is 1. The second kappa shape index (κ2) is 5.75. The Morgan fingerprint density at radius 2 is 1.84 bits per heavy atom. The summed E-state index contributed by atoms with van der Waals surface area (Å²) in [6.45, 7) is 0. The van der Waals surface area contributed by atoms with Gasteiger partial charge in [0.2, 0.25) is 0 Å². The highest BCUT2D eigenvalue weighted by atomic mass is 32.2. The third kappa shape index (κ3) is 3.26. The van der Waals surface area contributed by atoms with Crippen LogP contribution in [0.5, 0.6) is 11.5 Å². The summed E-state index contributed by atoms with van der Waals surface area (Å²) in [5, 5.41) is 18.5. The maximum absolute atomic E-state index is 13.4. The zero-order valence-corrected chi connectivity index (χ0v) is 10.7. The van der Waals surface area contributed by atoms with E-state index in [1.165, 1.54) is 24.3 Å². The summed E-state index contributed by atoms with van der Waals surface area (Å²) in [5.74, 6) is -1.18. The molecule has 19 heavy (non-hydrogen) atoms. The summed E-state index contributed by atoms with van der Waals surface area (Å²) in [5.41, 5.74) is 0.277. The number of hydrogen-bond donors (Lipinski definition) is 2. The topological polar surface area (TPSA) is 57.5 Å². The maximum atomic E-state index is 13.4. The van der Waals surface area contributed by atoms with Gasteiger partial charge in [0.25, 0.3) is 0 Å². The molecule has 0 radical (unpaired) electrons. The fraction of sp³-hybridized carbons (Fsp3) is 0.0714. The number of benzene rings is 2. The fourth-order valence-electron chi connectivity index (χ4n) is 1.49. The SMILES string of the molecule is O=C(CSc1ccccc1F)c1ccc(O)c(O)c1. The van der Waals surface area contributed by atoms with Crippen LogP contribution in [0.4, 0.5) is 4.39 Å². The second-order valence-corrected chi connectivity index (χ2v) is 4.86. The molecule has 0 fully saturated rings. The Hall–Kier alpha value is -2.01. The minimum atomic E-state index is -0.367. The number of Topliss-reactive ketones (excluding diaryl/α,β-unsaturated/α-hetero) is 1. The summed E-state index contributed by atoms with van der Waals surface area (Å²) in [7, 11) is 0. The normalized spacial score (nSPS) is 10.4. The maximum Gasteiger partial charge on any atom is 0.173 e. The molecule has 0 aliphatic rings. The van der Waals surface area contributed by atoms with Gasteiger partial charge in [0.1, 0.15) is 5.82 Å². The summed E-state index contributed by atoms with van der Waals surface area (Å²) in [6, 6.07) is 10.1. The molecule has 0 aliphatic heterocycles. The van der Waals surface area contributed by atoms with Crippen LogP contribution in [0.15, 0.2) is 47.4 Å². The van der Waals surface area contributed by atoms with Gasteiger partial charge in [-0.25, -0.2) is 4.39 Å². The smallest absolute Gasteiger partial charge is 0.173 e. The minimum Gasteiger partial charge on any atom is -0.504 e. The highest BCUT2D eigenvalue weighted by Crippen LogP contribution is 2.27. The first-order valence-corrected chi connectivity index (χ1v) is 6.49. The molecule has 2 N–H and O–H groups in total. The first-order chi connectivity index (χ1) is 9.08. The van der Waals surface area contributed by atoms with Crippen LogP contribution in [0.3, 0.4) is 0 Å². The number of phenolic OH excluding ortho intramolecular Hbond substituents is 2. The lowest BCUT2D eigenvalue weighted by atomic mass is 10.1. The van der Waals surface area contributed by atoms with Crippen LogP contribution in [0, 0.1) is 5.82 Å². The van der Waals surface area contributed by atoms with Gasteiger partial charge in [-0.15, -0.1) is 11.8 Å². The van der Waals surface area contributed by atoms with Gasteiger partial charge < -0.3 is 10.2 Å². The van der Waals surface area contributed by atoms with E-state index in [1.54, 1.807) is 18.2 Å². The Bertz CT molecular complexity index is 613. The van der Waals surface area contributed by atoms with E-state index in [1.807, 2.05) is 0 Å². The van der Waals surface area contributed by atoms with Gasteiger partial charge in [-0.05, 0) is 30.3 Å². The molecular formula is C14H11FO3S. The van der Waals surface area contributed by atoms with Gasteiger partial charge in [0, 0.05) is 10.5 Å². The Labute approximate surface area is 113 Å². The van der Waals surface area contributed by atoms with Gasteiger partial charge in [-0.3, -0.25) is 4.79 Å². The number of carbonyl (C=O) groups excluding carboxylic acids is 1. The minimum absolute atomic E-state index is 0.0607. The highest BCUT2D eigenvalue weighted by Gasteiger charge is 2.10. The molecule has 2 rings (SSSR count). The zero-order valence-electron chi connectivity index (χ0n) is 9.84. The van der Waals surface area contributed by atoms with Crippen molar-refractivity contribution in [1.29, 1.82) is 0 Å². The van der Waals surface area contributed by atoms with Crippen molar-refractivity contribution in [1.82, 2.24) is 0 Å². The average Bonchev–Trinajstić information content (AvgIpc) is 2.40. The molecule has 0 atom stereocenters. The van der Waals surface area contributed by atoms with E-state index in [4.69, 9.17) is 5.11 Å². The number of aromatic hydroxyl groups is 2. The average molecular weight is 278 g/mol. The van der Waals surface area contributed by atoms with E-state index in [0.29, 0.717) is 4.90 Å². The first kappa shape index (κ1) is 13.4. The molecule has 0 bridgehead atoms. The van der Waals surface area contributed by atoms with E-state index < -0.39 is 0 Å². The van der Waals surface area contributed by atoms with Gasteiger partial charge in [-0.1, -0.05) is 12.1 Å². The Morgan fingerprint density at radius 1 is 1.11 bits per heavy atom. The van der Waals surface area contributed by atoms with Crippen LogP contribution in [0.2, 0.25) is 0 Å². The van der Waals surface area contributed by atoms with E-state index in [9.17, 15) is 14.3 Å². The molecule has 0 amide bonds. The van der Waals surface area contributed by atoms with Crippen molar-refractivity contribution in [2.24, 2.45) is 0 Å². The van der Waals surface area contributed by atoms with Crippen molar-refractivity contribution in [3.05, 3.63) is 53.8 Å². The summed E-state index contributed by atoms with van der Waals surface area (Å²) in [4.78, 5) is 12.3. The standard InChI is InChI=1S/C14H11FO3S/c15-10-3-1-2-4-14(10)19-8-13(18)9-5-6-11(16)12(17)7-9/h1-7,16-17H,8H2. The van der Waals surface area contributed by atoms with E-state index in [2.05, 4.69) is 0 Å². The van der Waals surface area contributed by atoms with Gasteiger partial charge >= 0.3 is 0 Å². The number of rotatable bonds is 4. The number of carbonyl (C=O) groups is 1. The lowest BCUT2D eigenvalue weighted by molar-refractivity contribution is 0.102. The van der Waals surface area contributed by atoms with Crippen LogP contribution >= 0.6 is 11.8 Å². The van der Waals surface area contributed by atoms with Crippen LogP contribution in [-0.4, -0.2) is 21.7 Å². The van der Waals surface area contributed by atoms with Crippen LogP contribution in [0.1, 0.15) is 10.4 Å². The number of halogens is 1. The molecule has 2 aromatic rings. The van der Waals surface area contributed by atoms with Crippen molar-refractivity contribution < 1.29 is 19.4 Å². The van der Waals surface area contributed by atoms with Crippen LogP contribution < -0.4 is 0 Å². The van der Waals surface area contributed by atoms with Gasteiger partial charge in [-0.2, -0.15) is 0 Å². The molecular weight excluding hydrogens is 267 g/mol. The van der Waals surface area contributed by atoms with Crippen molar-refractivity contribution in [2.45, 2.75) is 4.90 Å². The van der Waals surface area contributed by atoms with Crippen molar-refractivity contribution in [3.8, 4) is 11.5 Å². The van der Waals surface area contributed by atoms with E-state index >= 15 is 0 Å². The zero-order chi connectivity index (χ0) is 13.8. The van der Waals surface area contributed by atoms with Gasteiger partial charge in [0.15, 0.2) is 17.3 Å². The lowest BCUT2D eigenvalue weighted by Crippen LogP contribution is -2.02. The lowest BCUT2D eigenvalue weighted by Gasteiger charge is -2.04. The molecule has 5 heteroatoms. The molecule has 0 aliphatic carbocycles. The molecule has 98 valence electrons. The number of hydrogen-bond acceptors (Lipinski definition) is 4. The predicted molar refractivity (Wildman–Crippen MR) is 71.2 cm³/mol. The molecule has 0 aromatic heterocycles. The molecule has 0 saturated heterocycles.